The number of aliphatic hydroxyl groups excluding tert-OH is 8. The highest BCUT2D eigenvalue weighted by Gasteiger charge is 2.23. The van der Waals surface area contributed by atoms with Crippen LogP contribution in [0.4, 0.5) is 0 Å². The molecule has 0 aliphatic rings. The van der Waals surface area contributed by atoms with Crippen LogP contribution < -0.4 is 0 Å². The second-order valence-electron chi connectivity index (χ2n) is 29.2. The highest BCUT2D eigenvalue weighted by Crippen LogP contribution is 2.34. The fraction of sp³-hybridized carbons (Fsp3) is 0.349. The Hall–Kier alpha value is -12.9. The zero-order valence-electron chi connectivity index (χ0n) is 67.2. The van der Waals surface area contributed by atoms with Gasteiger partial charge >= 0.3 is 0 Å². The van der Waals surface area contributed by atoms with Gasteiger partial charge in [-0.3, -0.25) is 37.5 Å². The molecule has 36 nitrogen and oxygen atoms in total. The molecule has 119 heavy (non-hydrogen) atoms. The van der Waals surface area contributed by atoms with Gasteiger partial charge in [-0.1, -0.05) is 65.0 Å². The van der Waals surface area contributed by atoms with Crippen LogP contribution in [0, 0.1) is 0 Å². The third-order valence-corrected chi connectivity index (χ3v) is 20.8. The number of hydrogen-bond acceptors (Lipinski definition) is 24. The Morgan fingerprint density at radius 2 is 0.613 bits per heavy atom. The zero-order chi connectivity index (χ0) is 83.2. The summed E-state index contributed by atoms with van der Waals surface area (Å²) in [5, 5.41) is 127. The average Bonchev–Trinajstić information content (AvgIpc) is 1.67. The Morgan fingerprint density at radius 3 is 0.950 bits per heavy atom. The molecule has 0 spiro atoms. The molecule has 0 amide bonds. The van der Waals surface area contributed by atoms with Gasteiger partial charge in [0.25, 0.3) is 0 Å². The molecule has 7 atom stereocenters. The van der Waals surface area contributed by atoms with E-state index in [1.54, 1.807) is 100 Å². The van der Waals surface area contributed by atoms with E-state index in [0.717, 1.165) is 127 Å². The molecule has 0 fully saturated rings. The Labute approximate surface area is 683 Å². The van der Waals surface area contributed by atoms with E-state index < -0.39 is 24.4 Å². The van der Waals surface area contributed by atoms with Gasteiger partial charge < -0.3 is 40.9 Å². The van der Waals surface area contributed by atoms with Crippen molar-refractivity contribution in [3.8, 4) is 90.1 Å². The molecule has 2 unspecified atom stereocenters. The van der Waals surface area contributed by atoms with Crippen LogP contribution in [0.1, 0.15) is 117 Å². The molecular formula is C83H98N28O8. The Kier molecular flexibility index (Phi) is 26.4. The lowest BCUT2D eigenvalue weighted by Gasteiger charge is -2.15. The summed E-state index contributed by atoms with van der Waals surface area (Å²) in [5.74, 6) is 0. The van der Waals surface area contributed by atoms with Gasteiger partial charge in [0.1, 0.15) is 0 Å². The molecule has 16 aromatic heterocycles. The SMILES string of the molecule is CCC(C)n1cc(-c2nc(-c3cnn(C[C@@H](O)CO)c3)cn3nccc23)cn1.CCC(CC)n1cc(-c2nc(-c3cnn(CC[C@@H](O)CO)c3)cn3nccc23)cn1.CCC(c1ccccc1)n1cc(-c2nc(-c3cnn(C[C@@H](O)CO)c3)cn3nccc23)cn1.CC[C@@H](C)n1cc(-c2nc(-c3cnn(C[C@@H](O)CO)c3)cn3nccc23)cn1. The standard InChI is InChI=1S/C24H25N7O2.C21H27N7O2.2C19H23N7O2/c1-2-22(17-6-4-3-5-7-17)30-13-19(11-27-30)24-23-8-9-25-31(23)15-21(28-24)18-10-26-29(12-18)14-20(33)16-32;1-3-17(4-2)27-12-16(10-24-27)21-20-5-7-22-28(20)13-19(25-21)15-9-23-26(11-15)8-6-18(30)14-29;2*1-3-13(2)25-9-15(7-22-25)19-18-4-5-20-26(18)11-17(23-19)14-6-21-24(8-14)10-16(28)12-27/h3-13,15,20,22,32-33H,2,14,16H2,1H3;5,7,9-13,17-18,29-30H,3-4,6,8,14H2,1-2H3;2*4-9,11,13,16,27-28H,3,10,12H2,1-2H3/t20-,22?;18-;13?,16-;13-,16-/m1111/s1. The summed E-state index contributed by atoms with van der Waals surface area (Å²) in [6, 6.07) is 19.2. The van der Waals surface area contributed by atoms with Crippen LogP contribution in [0.5, 0.6) is 0 Å². The van der Waals surface area contributed by atoms with Crippen molar-refractivity contribution >= 4 is 22.1 Å². The molecular weight excluding hydrogens is 1520 g/mol. The first-order valence-electron chi connectivity index (χ1n) is 39.8. The third-order valence-electron chi connectivity index (χ3n) is 20.8. The Balaban J connectivity index is 0.000000130. The largest absolute Gasteiger partial charge is 0.394 e. The highest BCUT2D eigenvalue weighted by atomic mass is 16.3. The summed E-state index contributed by atoms with van der Waals surface area (Å²) in [5.41, 5.74) is 17.9. The van der Waals surface area contributed by atoms with E-state index in [0.29, 0.717) is 48.2 Å². The molecule has 17 aromatic rings. The number of fused-ring (bicyclic) bond motifs is 4. The Bertz CT molecular complexity index is 5910. The summed E-state index contributed by atoms with van der Waals surface area (Å²) < 4.78 is 21.6. The first-order chi connectivity index (χ1) is 57.9. The van der Waals surface area contributed by atoms with E-state index in [1.807, 2.05) is 140 Å². The zero-order valence-corrected chi connectivity index (χ0v) is 67.2. The second-order valence-corrected chi connectivity index (χ2v) is 29.2. The minimum absolute atomic E-state index is 0.139. The lowest BCUT2D eigenvalue weighted by Crippen LogP contribution is -2.19. The predicted octanol–water partition coefficient (Wildman–Crippen LogP) is 8.93. The molecule has 17 rings (SSSR count). The van der Waals surface area contributed by atoms with Crippen molar-refractivity contribution in [1.29, 1.82) is 0 Å². The maximum absolute atomic E-state index is 9.70. The molecule has 1 aromatic carbocycles. The number of aliphatic hydroxyl groups is 8. The fourth-order valence-corrected chi connectivity index (χ4v) is 13.7. The van der Waals surface area contributed by atoms with Crippen molar-refractivity contribution < 1.29 is 40.9 Å². The summed E-state index contributed by atoms with van der Waals surface area (Å²) in [4.78, 5) is 19.5. The molecule has 618 valence electrons. The monoisotopic (exact) mass is 1610 g/mol. The van der Waals surface area contributed by atoms with Crippen molar-refractivity contribution in [1.82, 2.24) is 137 Å². The van der Waals surface area contributed by atoms with E-state index in [1.165, 1.54) is 5.56 Å². The van der Waals surface area contributed by atoms with Gasteiger partial charge in [0.05, 0.1) is 249 Å². The average molecular weight is 1620 g/mol. The summed E-state index contributed by atoms with van der Waals surface area (Å²) in [6.07, 6.45) is 46.0. The van der Waals surface area contributed by atoms with Gasteiger partial charge in [0.15, 0.2) is 0 Å². The van der Waals surface area contributed by atoms with Crippen LogP contribution >= 0.6 is 0 Å². The summed E-state index contributed by atoms with van der Waals surface area (Å²) >= 11 is 0. The van der Waals surface area contributed by atoms with E-state index in [4.69, 9.17) is 40.4 Å². The first-order valence-corrected chi connectivity index (χ1v) is 39.8. The lowest BCUT2D eigenvalue weighted by atomic mass is 10.1. The Morgan fingerprint density at radius 1 is 0.303 bits per heavy atom. The van der Waals surface area contributed by atoms with Crippen LogP contribution in [-0.2, 0) is 26.2 Å². The lowest BCUT2D eigenvalue weighted by molar-refractivity contribution is 0.0782. The number of rotatable bonds is 31. The predicted molar refractivity (Wildman–Crippen MR) is 443 cm³/mol. The van der Waals surface area contributed by atoms with Crippen LogP contribution in [0.2, 0.25) is 0 Å². The van der Waals surface area contributed by atoms with Crippen LogP contribution in [0.25, 0.3) is 112 Å². The number of hydrogen-bond donors (Lipinski definition) is 8. The molecule has 0 radical (unpaired) electrons. The maximum Gasteiger partial charge on any atom is 0.0999 e. The third kappa shape index (κ3) is 19.0. The van der Waals surface area contributed by atoms with Crippen molar-refractivity contribution in [3.05, 3.63) is 209 Å². The van der Waals surface area contributed by atoms with Crippen molar-refractivity contribution in [2.75, 3.05) is 26.4 Å². The number of aryl methyl sites for hydroxylation is 1. The smallest absolute Gasteiger partial charge is 0.0999 e. The van der Waals surface area contributed by atoms with E-state index in [2.05, 4.69) is 128 Å². The van der Waals surface area contributed by atoms with Crippen molar-refractivity contribution in [2.24, 2.45) is 0 Å². The molecule has 16 heterocycles. The molecule has 8 N–H and O–H groups in total. The second kappa shape index (κ2) is 38.0. The topological polar surface area (TPSA) is 425 Å². The molecule has 36 heteroatoms. The highest BCUT2D eigenvalue weighted by molar-refractivity contribution is 5.81. The molecule has 0 aliphatic heterocycles. The van der Waals surface area contributed by atoms with Crippen LogP contribution in [-0.4, -0.2) is 228 Å². The van der Waals surface area contributed by atoms with Gasteiger partial charge in [-0.25, -0.2) is 38.0 Å². The summed E-state index contributed by atoms with van der Waals surface area (Å²) in [6.45, 7) is 15.0. The molecule has 0 aliphatic carbocycles. The van der Waals surface area contributed by atoms with Gasteiger partial charge in [-0.15, -0.1) is 0 Å². The quantitative estimate of drug-likeness (QED) is 0.0201. The minimum Gasteiger partial charge on any atom is -0.394 e. The van der Waals surface area contributed by atoms with Gasteiger partial charge in [-0.2, -0.15) is 61.2 Å². The molecule has 0 saturated heterocycles. The van der Waals surface area contributed by atoms with Gasteiger partial charge in [-0.05, 0) is 82.2 Å². The minimum atomic E-state index is -0.864. The van der Waals surface area contributed by atoms with Gasteiger partial charge in [0, 0.05) is 113 Å². The molecule has 0 bridgehead atoms. The maximum atomic E-state index is 9.70. The van der Waals surface area contributed by atoms with E-state index in [9.17, 15) is 20.4 Å². The van der Waals surface area contributed by atoms with Gasteiger partial charge in [0.2, 0.25) is 0 Å². The number of aromatic nitrogens is 28. The van der Waals surface area contributed by atoms with E-state index in [-0.39, 0.29) is 52.1 Å². The first kappa shape index (κ1) is 82.6. The molecule has 0 saturated carbocycles. The fourth-order valence-electron chi connectivity index (χ4n) is 13.7. The summed E-state index contributed by atoms with van der Waals surface area (Å²) in [7, 11) is 0. The number of benzene rings is 1. The van der Waals surface area contributed by atoms with E-state index >= 15 is 0 Å². The number of nitrogens with zero attached hydrogens (tertiary/aromatic N) is 28. The van der Waals surface area contributed by atoms with Crippen LogP contribution in [0.3, 0.4) is 0 Å². The normalized spacial score (nSPS) is 13.5. The van der Waals surface area contributed by atoms with Crippen molar-refractivity contribution in [2.45, 2.75) is 162 Å². The van der Waals surface area contributed by atoms with Crippen molar-refractivity contribution in [3.63, 3.8) is 0 Å². The van der Waals surface area contributed by atoms with Crippen LogP contribution in [0.15, 0.2) is 203 Å².